The number of nitrogens with zero attached hydrogens (tertiary/aromatic N) is 2. The van der Waals surface area contributed by atoms with Crippen LogP contribution in [0.3, 0.4) is 0 Å². The first kappa shape index (κ1) is 25.4. The van der Waals surface area contributed by atoms with E-state index in [9.17, 15) is 4.79 Å². The van der Waals surface area contributed by atoms with E-state index < -0.39 is 0 Å². The van der Waals surface area contributed by atoms with E-state index in [0.29, 0.717) is 12.4 Å². The zero-order valence-corrected chi connectivity index (χ0v) is 21.6. The van der Waals surface area contributed by atoms with Gasteiger partial charge in [0.2, 0.25) is 0 Å². The van der Waals surface area contributed by atoms with E-state index in [1.807, 2.05) is 103 Å². The number of benzene rings is 4. The molecule has 1 N–H and O–H groups in total. The second kappa shape index (κ2) is 12.3. The van der Waals surface area contributed by atoms with E-state index in [4.69, 9.17) is 21.1 Å². The third-order valence-electron chi connectivity index (χ3n) is 6.06. The molecule has 1 aromatic heterocycles. The number of ether oxygens (including phenoxy) is 2. The van der Waals surface area contributed by atoms with Gasteiger partial charge in [-0.3, -0.25) is 9.13 Å². The summed E-state index contributed by atoms with van der Waals surface area (Å²) in [5.74, 6) is 2.22. The topological polar surface area (TPSA) is 57.4 Å². The minimum absolute atomic E-state index is 0.155. The van der Waals surface area contributed by atoms with Crippen molar-refractivity contribution in [3.05, 3.63) is 137 Å². The van der Waals surface area contributed by atoms with Crippen LogP contribution in [-0.2, 0) is 6.42 Å². The quantitative estimate of drug-likeness (QED) is 0.206. The number of imidazole rings is 1. The van der Waals surface area contributed by atoms with Crippen molar-refractivity contribution in [3.63, 3.8) is 0 Å². The van der Waals surface area contributed by atoms with Gasteiger partial charge in [-0.1, -0.05) is 48.0 Å². The second-order valence-corrected chi connectivity index (χ2v) is 9.07. The Kier molecular flexibility index (Phi) is 8.23. The Morgan fingerprint density at radius 2 is 1.24 bits per heavy atom. The van der Waals surface area contributed by atoms with Crippen molar-refractivity contribution in [1.82, 2.24) is 14.5 Å². The summed E-state index contributed by atoms with van der Waals surface area (Å²) in [5, 5.41) is 4.17. The summed E-state index contributed by atoms with van der Waals surface area (Å²) < 4.78 is 14.9. The van der Waals surface area contributed by atoms with Gasteiger partial charge in [0.05, 0.1) is 11.4 Å². The van der Waals surface area contributed by atoms with E-state index in [-0.39, 0.29) is 5.69 Å². The third-order valence-corrected chi connectivity index (χ3v) is 6.43. The van der Waals surface area contributed by atoms with Crippen molar-refractivity contribution in [1.29, 1.82) is 0 Å². The molecule has 0 aliphatic carbocycles. The molecule has 0 bridgehead atoms. The van der Waals surface area contributed by atoms with Crippen LogP contribution in [0.15, 0.2) is 120 Å². The standard InChI is InChI=1S/C31H28ClN3O3/c32-30-9-5-4-6-24(30)18-19-33-20-23-37-27-14-10-25(11-15-27)34-21-22-35(31(34)36)26-12-16-29(17-13-26)38-28-7-2-1-3-8-28/h1-17,21-22,33H,18-20,23H2. The Balaban J connectivity index is 1.13. The van der Waals surface area contributed by atoms with Gasteiger partial charge in [0.25, 0.3) is 0 Å². The molecule has 4 aromatic carbocycles. The fourth-order valence-corrected chi connectivity index (χ4v) is 4.29. The number of para-hydroxylation sites is 1. The van der Waals surface area contributed by atoms with Gasteiger partial charge in [-0.15, -0.1) is 0 Å². The van der Waals surface area contributed by atoms with Gasteiger partial charge in [-0.25, -0.2) is 4.79 Å². The highest BCUT2D eigenvalue weighted by molar-refractivity contribution is 6.31. The Morgan fingerprint density at radius 1 is 0.658 bits per heavy atom. The normalized spacial score (nSPS) is 10.9. The molecule has 7 heteroatoms. The summed E-state index contributed by atoms with van der Waals surface area (Å²) in [6.45, 7) is 2.10. The van der Waals surface area contributed by atoms with Gasteiger partial charge >= 0.3 is 5.69 Å². The summed E-state index contributed by atoms with van der Waals surface area (Å²) in [6, 6.07) is 32.4. The largest absolute Gasteiger partial charge is 0.492 e. The van der Waals surface area contributed by atoms with E-state index >= 15 is 0 Å². The number of hydrogen-bond acceptors (Lipinski definition) is 4. The molecular weight excluding hydrogens is 498 g/mol. The summed E-state index contributed by atoms with van der Waals surface area (Å²) in [5.41, 5.74) is 2.51. The van der Waals surface area contributed by atoms with Gasteiger partial charge in [0.1, 0.15) is 23.9 Å². The third kappa shape index (κ3) is 6.35. The summed E-state index contributed by atoms with van der Waals surface area (Å²) >= 11 is 6.19. The molecule has 0 fully saturated rings. The number of nitrogens with one attached hydrogen (secondary N) is 1. The molecule has 0 atom stereocenters. The average Bonchev–Trinajstić information content (AvgIpc) is 3.34. The minimum Gasteiger partial charge on any atom is -0.492 e. The molecule has 38 heavy (non-hydrogen) atoms. The second-order valence-electron chi connectivity index (χ2n) is 8.66. The Morgan fingerprint density at radius 3 is 1.89 bits per heavy atom. The summed E-state index contributed by atoms with van der Waals surface area (Å²) in [7, 11) is 0. The van der Waals surface area contributed by atoms with Crippen LogP contribution < -0.4 is 20.5 Å². The Labute approximate surface area is 226 Å². The summed E-state index contributed by atoms with van der Waals surface area (Å²) in [4.78, 5) is 13.1. The maximum Gasteiger partial charge on any atom is 0.337 e. The molecule has 5 rings (SSSR count). The zero-order valence-electron chi connectivity index (χ0n) is 20.8. The smallest absolute Gasteiger partial charge is 0.337 e. The molecule has 0 amide bonds. The number of halogens is 1. The predicted molar refractivity (Wildman–Crippen MR) is 151 cm³/mol. The lowest BCUT2D eigenvalue weighted by Crippen LogP contribution is -2.23. The molecule has 6 nitrogen and oxygen atoms in total. The van der Waals surface area contributed by atoms with Crippen LogP contribution in [0, 0.1) is 0 Å². The summed E-state index contributed by atoms with van der Waals surface area (Å²) in [6.07, 6.45) is 4.39. The lowest BCUT2D eigenvalue weighted by molar-refractivity contribution is 0.314. The van der Waals surface area contributed by atoms with Gasteiger partial charge in [-0.2, -0.15) is 0 Å². The van der Waals surface area contributed by atoms with Gasteiger partial charge in [0.15, 0.2) is 0 Å². The van der Waals surface area contributed by atoms with E-state index in [0.717, 1.165) is 53.0 Å². The molecular formula is C31H28ClN3O3. The minimum atomic E-state index is -0.155. The molecule has 0 aliphatic rings. The van der Waals surface area contributed by atoms with Crippen LogP contribution in [0.25, 0.3) is 11.4 Å². The first-order valence-corrected chi connectivity index (χ1v) is 12.9. The molecule has 5 aromatic rings. The highest BCUT2D eigenvalue weighted by Gasteiger charge is 2.08. The van der Waals surface area contributed by atoms with Crippen LogP contribution in [0.1, 0.15) is 5.56 Å². The monoisotopic (exact) mass is 525 g/mol. The first-order valence-electron chi connectivity index (χ1n) is 12.5. The Hall–Kier alpha value is -4.26. The lowest BCUT2D eigenvalue weighted by Gasteiger charge is -2.09. The molecule has 192 valence electrons. The van der Waals surface area contributed by atoms with Crippen LogP contribution in [0.4, 0.5) is 0 Å². The highest BCUT2D eigenvalue weighted by Crippen LogP contribution is 2.22. The molecule has 0 unspecified atom stereocenters. The molecule has 0 radical (unpaired) electrons. The molecule has 0 saturated heterocycles. The predicted octanol–water partition coefficient (Wildman–Crippen LogP) is 6.29. The van der Waals surface area contributed by atoms with Crippen molar-refractivity contribution in [3.8, 4) is 28.6 Å². The number of aromatic nitrogens is 2. The maximum absolute atomic E-state index is 13.1. The van der Waals surface area contributed by atoms with Crippen LogP contribution >= 0.6 is 11.6 Å². The fraction of sp³-hybridized carbons (Fsp3) is 0.129. The lowest BCUT2D eigenvalue weighted by atomic mass is 10.1. The Bertz CT molecular complexity index is 1510. The fourth-order valence-electron chi connectivity index (χ4n) is 4.06. The van der Waals surface area contributed by atoms with Gasteiger partial charge in [-0.05, 0) is 85.3 Å². The van der Waals surface area contributed by atoms with Gasteiger partial charge in [0, 0.05) is 24.0 Å². The van der Waals surface area contributed by atoms with Crippen LogP contribution in [-0.4, -0.2) is 28.8 Å². The highest BCUT2D eigenvalue weighted by atomic mass is 35.5. The zero-order chi connectivity index (χ0) is 26.2. The van der Waals surface area contributed by atoms with E-state index in [1.165, 1.54) is 0 Å². The van der Waals surface area contributed by atoms with Crippen molar-refractivity contribution in [2.75, 3.05) is 19.7 Å². The van der Waals surface area contributed by atoms with E-state index in [2.05, 4.69) is 5.32 Å². The molecule has 0 aliphatic heterocycles. The van der Waals surface area contributed by atoms with Crippen molar-refractivity contribution >= 4 is 11.6 Å². The number of rotatable bonds is 11. The van der Waals surface area contributed by atoms with Gasteiger partial charge < -0.3 is 14.8 Å². The maximum atomic E-state index is 13.1. The van der Waals surface area contributed by atoms with Crippen molar-refractivity contribution in [2.24, 2.45) is 0 Å². The van der Waals surface area contributed by atoms with Crippen LogP contribution in [0.2, 0.25) is 5.02 Å². The van der Waals surface area contributed by atoms with Crippen LogP contribution in [0.5, 0.6) is 17.2 Å². The molecule has 0 spiro atoms. The SMILES string of the molecule is O=c1n(-c2ccc(OCCNCCc3ccccc3Cl)cc2)ccn1-c1ccc(Oc2ccccc2)cc1. The molecule has 0 saturated carbocycles. The van der Waals surface area contributed by atoms with E-state index in [1.54, 1.807) is 21.5 Å². The first-order chi connectivity index (χ1) is 18.7. The number of hydrogen-bond donors (Lipinski definition) is 1. The molecule has 1 heterocycles. The van der Waals surface area contributed by atoms with Crippen molar-refractivity contribution < 1.29 is 9.47 Å². The van der Waals surface area contributed by atoms with Crippen molar-refractivity contribution in [2.45, 2.75) is 6.42 Å². The average molecular weight is 526 g/mol.